The first-order chi connectivity index (χ1) is 10.2. The van der Waals surface area contributed by atoms with Crippen molar-refractivity contribution in [1.29, 1.82) is 0 Å². The van der Waals surface area contributed by atoms with E-state index >= 15 is 0 Å². The van der Waals surface area contributed by atoms with E-state index in [4.69, 9.17) is 10.5 Å². The van der Waals surface area contributed by atoms with Crippen molar-refractivity contribution in [3.8, 4) is 5.75 Å². The van der Waals surface area contributed by atoms with Crippen molar-refractivity contribution in [2.75, 3.05) is 6.61 Å². The summed E-state index contributed by atoms with van der Waals surface area (Å²) in [6.07, 6.45) is 1.98. The minimum atomic E-state index is -0.0539. The Hall–Kier alpha value is -1.32. The molecule has 0 fully saturated rings. The summed E-state index contributed by atoms with van der Waals surface area (Å²) in [7, 11) is 0. The Kier molecular flexibility index (Phi) is 4.32. The van der Waals surface area contributed by atoms with Crippen LogP contribution in [0, 0.1) is 0 Å². The molecule has 0 aliphatic carbocycles. The summed E-state index contributed by atoms with van der Waals surface area (Å²) in [5.74, 6) is 1.30. The van der Waals surface area contributed by atoms with Crippen LogP contribution in [0.15, 0.2) is 46.9 Å². The van der Waals surface area contributed by atoms with Crippen LogP contribution in [-0.2, 0) is 6.42 Å². The molecule has 0 saturated heterocycles. The molecule has 3 heteroatoms. The van der Waals surface area contributed by atoms with E-state index in [1.807, 2.05) is 6.07 Å². The first-order valence-electron chi connectivity index (χ1n) is 7.46. The molecule has 0 radical (unpaired) electrons. The van der Waals surface area contributed by atoms with Gasteiger partial charge in [-0.3, -0.25) is 0 Å². The van der Waals surface area contributed by atoms with Gasteiger partial charge < -0.3 is 10.5 Å². The number of hydrogen-bond acceptors (Lipinski definition) is 2. The van der Waals surface area contributed by atoms with Crippen molar-refractivity contribution in [2.24, 2.45) is 5.73 Å². The maximum absolute atomic E-state index is 6.62. The summed E-state index contributed by atoms with van der Waals surface area (Å²) < 4.78 is 6.92. The van der Waals surface area contributed by atoms with Crippen molar-refractivity contribution in [3.63, 3.8) is 0 Å². The van der Waals surface area contributed by atoms with E-state index in [-0.39, 0.29) is 6.04 Å². The van der Waals surface area contributed by atoms with E-state index in [1.54, 1.807) is 0 Å². The van der Waals surface area contributed by atoms with Crippen LogP contribution >= 0.6 is 15.9 Å². The molecule has 1 heterocycles. The topological polar surface area (TPSA) is 35.2 Å². The van der Waals surface area contributed by atoms with Gasteiger partial charge in [-0.25, -0.2) is 0 Å². The average Bonchev–Trinajstić information content (AvgIpc) is 2.96. The lowest BCUT2D eigenvalue weighted by atomic mass is 9.85. The first kappa shape index (κ1) is 14.6. The van der Waals surface area contributed by atoms with Crippen LogP contribution in [-0.4, -0.2) is 6.61 Å². The molecule has 2 atom stereocenters. The lowest BCUT2D eigenvalue weighted by Crippen LogP contribution is -2.20. The minimum absolute atomic E-state index is 0.0539. The summed E-state index contributed by atoms with van der Waals surface area (Å²) >= 11 is 3.60. The van der Waals surface area contributed by atoms with Gasteiger partial charge in [-0.15, -0.1) is 0 Å². The first-order valence-corrected chi connectivity index (χ1v) is 8.25. The molecule has 2 aromatic rings. The van der Waals surface area contributed by atoms with E-state index in [0.717, 1.165) is 35.2 Å². The van der Waals surface area contributed by atoms with E-state index < -0.39 is 0 Å². The fourth-order valence-electron chi connectivity index (χ4n) is 3.16. The fraction of sp³-hybridized carbons (Fsp3) is 0.333. The molecule has 2 aromatic carbocycles. The van der Waals surface area contributed by atoms with Crippen molar-refractivity contribution in [2.45, 2.75) is 31.7 Å². The minimum Gasteiger partial charge on any atom is -0.493 e. The molecule has 21 heavy (non-hydrogen) atoms. The van der Waals surface area contributed by atoms with Crippen LogP contribution in [0.2, 0.25) is 0 Å². The molecular weight excluding hydrogens is 326 g/mol. The van der Waals surface area contributed by atoms with Gasteiger partial charge in [0.05, 0.1) is 6.61 Å². The molecule has 2 N–H and O–H groups in total. The van der Waals surface area contributed by atoms with Gasteiger partial charge in [0.2, 0.25) is 0 Å². The van der Waals surface area contributed by atoms with Crippen LogP contribution in [0.3, 0.4) is 0 Å². The Morgan fingerprint density at radius 2 is 2.00 bits per heavy atom. The Morgan fingerprint density at radius 3 is 2.71 bits per heavy atom. The molecule has 1 aliphatic rings. The molecule has 0 aromatic heterocycles. The molecule has 0 amide bonds. The van der Waals surface area contributed by atoms with Crippen LogP contribution in [0.5, 0.6) is 5.75 Å². The predicted octanol–water partition coefficient (Wildman–Crippen LogP) is 4.58. The van der Waals surface area contributed by atoms with Gasteiger partial charge in [0.1, 0.15) is 5.75 Å². The SMILES string of the molecule is CCC(c1ccccc1)C(N)c1cc(Br)cc2c1OCC2. The predicted molar refractivity (Wildman–Crippen MR) is 89.7 cm³/mol. The van der Waals surface area contributed by atoms with E-state index in [9.17, 15) is 0 Å². The highest BCUT2D eigenvalue weighted by Gasteiger charge is 2.26. The standard InChI is InChI=1S/C18H20BrNO/c1-2-15(12-6-4-3-5-7-12)17(20)16-11-14(19)10-13-8-9-21-18(13)16/h3-7,10-11,15,17H,2,8-9,20H2,1H3. The summed E-state index contributed by atoms with van der Waals surface area (Å²) in [5, 5.41) is 0. The monoisotopic (exact) mass is 345 g/mol. The smallest absolute Gasteiger partial charge is 0.127 e. The molecule has 2 nitrogen and oxygen atoms in total. The number of fused-ring (bicyclic) bond motifs is 1. The highest BCUT2D eigenvalue weighted by Crippen LogP contribution is 2.41. The lowest BCUT2D eigenvalue weighted by Gasteiger charge is -2.25. The molecule has 2 unspecified atom stereocenters. The van der Waals surface area contributed by atoms with Gasteiger partial charge in [0.25, 0.3) is 0 Å². The van der Waals surface area contributed by atoms with E-state index in [1.165, 1.54) is 11.1 Å². The highest BCUT2D eigenvalue weighted by atomic mass is 79.9. The summed E-state index contributed by atoms with van der Waals surface area (Å²) in [5.41, 5.74) is 10.3. The third-order valence-electron chi connectivity index (χ3n) is 4.24. The molecule has 3 rings (SSSR count). The molecule has 0 saturated carbocycles. The highest BCUT2D eigenvalue weighted by molar-refractivity contribution is 9.10. The maximum atomic E-state index is 6.62. The Balaban J connectivity index is 2.00. The zero-order valence-electron chi connectivity index (χ0n) is 12.2. The van der Waals surface area contributed by atoms with Gasteiger partial charge in [-0.1, -0.05) is 53.2 Å². The lowest BCUT2D eigenvalue weighted by molar-refractivity contribution is 0.348. The van der Waals surface area contributed by atoms with Crippen molar-refractivity contribution in [3.05, 3.63) is 63.6 Å². The number of benzene rings is 2. The second-order valence-corrected chi connectivity index (χ2v) is 6.45. The molecule has 0 bridgehead atoms. The number of halogens is 1. The second-order valence-electron chi connectivity index (χ2n) is 5.53. The number of rotatable bonds is 4. The average molecular weight is 346 g/mol. The van der Waals surface area contributed by atoms with Crippen molar-refractivity contribution < 1.29 is 4.74 Å². The normalized spacial score (nSPS) is 16.1. The molecule has 0 spiro atoms. The third kappa shape index (κ3) is 2.85. The van der Waals surface area contributed by atoms with Gasteiger partial charge in [0, 0.05) is 28.4 Å². The van der Waals surface area contributed by atoms with E-state index in [0.29, 0.717) is 5.92 Å². The molecule has 1 aliphatic heterocycles. The third-order valence-corrected chi connectivity index (χ3v) is 4.70. The largest absolute Gasteiger partial charge is 0.493 e. The molecular formula is C18H20BrNO. The number of ether oxygens (including phenoxy) is 1. The Bertz CT molecular complexity index is 627. The van der Waals surface area contributed by atoms with Crippen LogP contribution < -0.4 is 10.5 Å². The maximum Gasteiger partial charge on any atom is 0.127 e. The number of nitrogens with two attached hydrogens (primary N) is 1. The molecule has 110 valence electrons. The van der Waals surface area contributed by atoms with Crippen molar-refractivity contribution >= 4 is 15.9 Å². The summed E-state index contributed by atoms with van der Waals surface area (Å²) in [6.45, 7) is 2.95. The summed E-state index contributed by atoms with van der Waals surface area (Å²) in [4.78, 5) is 0. The quantitative estimate of drug-likeness (QED) is 0.880. The van der Waals surface area contributed by atoms with Gasteiger partial charge >= 0.3 is 0 Å². The van der Waals surface area contributed by atoms with Crippen LogP contribution in [0.1, 0.15) is 42.0 Å². The van der Waals surface area contributed by atoms with Gasteiger partial charge in [-0.2, -0.15) is 0 Å². The van der Waals surface area contributed by atoms with Crippen LogP contribution in [0.4, 0.5) is 0 Å². The van der Waals surface area contributed by atoms with Gasteiger partial charge in [0.15, 0.2) is 0 Å². The zero-order valence-corrected chi connectivity index (χ0v) is 13.8. The number of hydrogen-bond donors (Lipinski definition) is 1. The Labute approximate surface area is 134 Å². The Morgan fingerprint density at radius 1 is 1.24 bits per heavy atom. The fourth-order valence-corrected chi connectivity index (χ4v) is 3.68. The van der Waals surface area contributed by atoms with Crippen LogP contribution in [0.25, 0.3) is 0 Å². The zero-order chi connectivity index (χ0) is 14.8. The van der Waals surface area contributed by atoms with Crippen molar-refractivity contribution in [1.82, 2.24) is 0 Å². The second kappa shape index (κ2) is 6.20. The van der Waals surface area contributed by atoms with Gasteiger partial charge in [-0.05, 0) is 29.7 Å². The summed E-state index contributed by atoms with van der Waals surface area (Å²) in [6, 6.07) is 14.7. The van der Waals surface area contributed by atoms with E-state index in [2.05, 4.69) is 59.3 Å².